The van der Waals surface area contributed by atoms with Crippen molar-refractivity contribution in [3.05, 3.63) is 0 Å². The molecule has 1 N–H and O–H groups in total. The summed E-state index contributed by atoms with van der Waals surface area (Å²) in [6.45, 7) is -0.953. The van der Waals surface area contributed by atoms with Gasteiger partial charge in [-0.15, -0.1) is 0 Å². The highest BCUT2D eigenvalue weighted by molar-refractivity contribution is 7.87. The SMILES string of the molecule is CS(=O)(=O)OCCC(F)C(F)(F)S(=O)(=O)O. The van der Waals surface area contributed by atoms with Crippen molar-refractivity contribution in [2.45, 2.75) is 17.8 Å². The average Bonchev–Trinajstić information content (AvgIpc) is 1.99. The normalized spacial score (nSPS) is 16.1. The molecule has 0 aromatic carbocycles. The molecule has 0 fully saturated rings. The lowest BCUT2D eigenvalue weighted by Crippen LogP contribution is -2.39. The van der Waals surface area contributed by atoms with E-state index in [4.69, 9.17) is 4.55 Å². The van der Waals surface area contributed by atoms with Crippen molar-refractivity contribution in [1.82, 2.24) is 0 Å². The van der Waals surface area contributed by atoms with Crippen molar-refractivity contribution in [1.29, 1.82) is 0 Å². The van der Waals surface area contributed by atoms with Gasteiger partial charge < -0.3 is 0 Å². The largest absolute Gasteiger partial charge is 0.400 e. The predicted molar refractivity (Wildman–Crippen MR) is 46.8 cm³/mol. The van der Waals surface area contributed by atoms with Crippen LogP contribution in [0.3, 0.4) is 0 Å². The molecular formula is C5H9F3O6S2. The smallest absolute Gasteiger partial charge is 0.281 e. The second kappa shape index (κ2) is 4.85. The molecule has 0 aromatic heterocycles. The van der Waals surface area contributed by atoms with Gasteiger partial charge in [0.25, 0.3) is 10.1 Å². The van der Waals surface area contributed by atoms with Gasteiger partial charge in [-0.05, 0) is 0 Å². The number of rotatable bonds is 6. The molecule has 98 valence electrons. The average molecular weight is 286 g/mol. The summed E-state index contributed by atoms with van der Waals surface area (Å²) in [7, 11) is -9.81. The van der Waals surface area contributed by atoms with Gasteiger partial charge in [0.05, 0.1) is 12.9 Å². The maximum absolute atomic E-state index is 12.7. The molecule has 0 bridgehead atoms. The topological polar surface area (TPSA) is 97.7 Å². The molecule has 0 saturated carbocycles. The third-order valence-corrected chi connectivity index (χ3v) is 2.92. The molecule has 0 aliphatic heterocycles. The fourth-order valence-corrected chi connectivity index (χ4v) is 1.47. The van der Waals surface area contributed by atoms with E-state index in [0.29, 0.717) is 6.26 Å². The fourth-order valence-electron chi connectivity index (χ4n) is 0.633. The first kappa shape index (κ1) is 15.6. The lowest BCUT2D eigenvalue weighted by atomic mass is 10.3. The van der Waals surface area contributed by atoms with E-state index in [9.17, 15) is 30.0 Å². The van der Waals surface area contributed by atoms with E-state index < -0.39 is 44.7 Å². The molecular weight excluding hydrogens is 277 g/mol. The van der Waals surface area contributed by atoms with Crippen LogP contribution in [-0.2, 0) is 24.4 Å². The lowest BCUT2D eigenvalue weighted by Gasteiger charge is -2.16. The second-order valence-corrected chi connectivity index (χ2v) is 5.96. The van der Waals surface area contributed by atoms with Gasteiger partial charge in [-0.2, -0.15) is 25.6 Å². The van der Waals surface area contributed by atoms with Gasteiger partial charge in [0.15, 0.2) is 6.17 Å². The Morgan fingerprint density at radius 2 is 1.75 bits per heavy atom. The van der Waals surface area contributed by atoms with Gasteiger partial charge in [-0.25, -0.2) is 4.39 Å². The van der Waals surface area contributed by atoms with Crippen molar-refractivity contribution in [2.24, 2.45) is 0 Å². The van der Waals surface area contributed by atoms with Crippen LogP contribution in [0.25, 0.3) is 0 Å². The summed E-state index contributed by atoms with van der Waals surface area (Å²) in [5.74, 6) is 0. The molecule has 0 heterocycles. The van der Waals surface area contributed by atoms with E-state index in [-0.39, 0.29) is 0 Å². The number of halogens is 3. The Kier molecular flexibility index (Phi) is 4.74. The first-order valence-corrected chi connectivity index (χ1v) is 6.97. The summed E-state index contributed by atoms with van der Waals surface area (Å²) in [5.41, 5.74) is 0. The first-order valence-electron chi connectivity index (χ1n) is 3.71. The molecule has 0 amide bonds. The van der Waals surface area contributed by atoms with Crippen molar-refractivity contribution < 1.29 is 38.7 Å². The number of hydrogen-bond donors (Lipinski definition) is 1. The monoisotopic (exact) mass is 286 g/mol. The summed E-state index contributed by atoms with van der Waals surface area (Å²) < 4.78 is 90.5. The van der Waals surface area contributed by atoms with Crippen LogP contribution in [0.4, 0.5) is 13.2 Å². The zero-order valence-electron chi connectivity index (χ0n) is 7.93. The molecule has 6 nitrogen and oxygen atoms in total. The summed E-state index contributed by atoms with van der Waals surface area (Å²) in [6.07, 6.45) is -3.84. The fraction of sp³-hybridized carbons (Fsp3) is 1.00. The van der Waals surface area contributed by atoms with E-state index in [1.54, 1.807) is 0 Å². The van der Waals surface area contributed by atoms with E-state index in [2.05, 4.69) is 4.18 Å². The molecule has 0 aliphatic carbocycles. The molecule has 0 radical (unpaired) electrons. The minimum atomic E-state index is -5.88. The Hall–Kier alpha value is -0.390. The molecule has 11 heteroatoms. The predicted octanol–water partition coefficient (Wildman–Crippen LogP) is 0.171. The van der Waals surface area contributed by atoms with Crippen LogP contribution in [0.5, 0.6) is 0 Å². The maximum Gasteiger partial charge on any atom is 0.400 e. The highest BCUT2D eigenvalue weighted by Gasteiger charge is 2.52. The van der Waals surface area contributed by atoms with Crippen molar-refractivity contribution >= 4 is 20.2 Å². The van der Waals surface area contributed by atoms with E-state index in [1.165, 1.54) is 0 Å². The molecule has 0 aromatic rings. The Bertz CT molecular complexity index is 427. The standard InChI is InChI=1S/C5H9F3O6S2/c1-15(9,10)14-3-2-4(6)5(7,8)16(11,12)13/h4H,2-3H2,1H3,(H,11,12,13). The molecule has 0 rings (SSSR count). The van der Waals surface area contributed by atoms with Gasteiger partial charge in [-0.1, -0.05) is 0 Å². The summed E-state index contributed by atoms with van der Waals surface area (Å²) in [5, 5.41) is -4.99. The third kappa shape index (κ3) is 4.63. The Labute approximate surface area is 90.3 Å². The van der Waals surface area contributed by atoms with Gasteiger partial charge in [0.2, 0.25) is 0 Å². The van der Waals surface area contributed by atoms with Crippen LogP contribution in [0, 0.1) is 0 Å². The zero-order valence-corrected chi connectivity index (χ0v) is 9.56. The highest BCUT2D eigenvalue weighted by atomic mass is 32.2. The maximum atomic E-state index is 12.7. The van der Waals surface area contributed by atoms with Crippen molar-refractivity contribution in [3.63, 3.8) is 0 Å². The van der Waals surface area contributed by atoms with Crippen LogP contribution >= 0.6 is 0 Å². The van der Waals surface area contributed by atoms with Crippen LogP contribution in [0.15, 0.2) is 0 Å². The number of alkyl halides is 3. The van der Waals surface area contributed by atoms with Gasteiger partial charge in [-0.3, -0.25) is 8.74 Å². The third-order valence-electron chi connectivity index (χ3n) is 1.38. The van der Waals surface area contributed by atoms with E-state index >= 15 is 0 Å². The minimum Gasteiger partial charge on any atom is -0.281 e. The lowest BCUT2D eigenvalue weighted by molar-refractivity contribution is -0.0107. The molecule has 1 atom stereocenters. The van der Waals surface area contributed by atoms with Gasteiger partial charge in [0, 0.05) is 6.42 Å². The Morgan fingerprint density at radius 1 is 1.31 bits per heavy atom. The summed E-state index contributed by atoms with van der Waals surface area (Å²) in [6, 6.07) is 0. The van der Waals surface area contributed by atoms with E-state index in [1.807, 2.05) is 0 Å². The van der Waals surface area contributed by atoms with Crippen LogP contribution in [-0.4, -0.2) is 45.7 Å². The van der Waals surface area contributed by atoms with Gasteiger partial charge in [0.1, 0.15) is 0 Å². The Balaban J connectivity index is 4.44. The number of hydrogen-bond acceptors (Lipinski definition) is 5. The van der Waals surface area contributed by atoms with Gasteiger partial charge >= 0.3 is 15.4 Å². The van der Waals surface area contributed by atoms with Crippen LogP contribution in [0.2, 0.25) is 0 Å². The van der Waals surface area contributed by atoms with Crippen molar-refractivity contribution in [3.8, 4) is 0 Å². The molecule has 0 saturated heterocycles. The highest BCUT2D eigenvalue weighted by Crippen LogP contribution is 2.29. The van der Waals surface area contributed by atoms with Crippen LogP contribution < -0.4 is 0 Å². The zero-order chi connectivity index (χ0) is 13.2. The van der Waals surface area contributed by atoms with Crippen LogP contribution in [0.1, 0.15) is 6.42 Å². The molecule has 1 unspecified atom stereocenters. The summed E-state index contributed by atoms with van der Waals surface area (Å²) in [4.78, 5) is 0. The molecule has 16 heavy (non-hydrogen) atoms. The van der Waals surface area contributed by atoms with E-state index in [0.717, 1.165) is 0 Å². The molecule has 0 spiro atoms. The quantitative estimate of drug-likeness (QED) is 0.552. The summed E-state index contributed by atoms with van der Waals surface area (Å²) >= 11 is 0. The first-order chi connectivity index (χ1) is 6.88. The second-order valence-electron chi connectivity index (χ2n) is 2.82. The minimum absolute atomic E-state index is 0.612. The van der Waals surface area contributed by atoms with Crippen molar-refractivity contribution in [2.75, 3.05) is 12.9 Å². The Morgan fingerprint density at radius 3 is 2.06 bits per heavy atom. The molecule has 0 aliphatic rings.